The van der Waals surface area contributed by atoms with Gasteiger partial charge in [-0.1, -0.05) is 5.16 Å². The van der Waals surface area contributed by atoms with Crippen molar-refractivity contribution in [3.05, 3.63) is 23.6 Å². The van der Waals surface area contributed by atoms with Crippen molar-refractivity contribution in [3.8, 4) is 16.9 Å². The molecule has 3 aromatic rings. The van der Waals surface area contributed by atoms with E-state index in [1.807, 2.05) is 46.8 Å². The lowest BCUT2D eigenvalue weighted by molar-refractivity contribution is 0.0263. The topological polar surface area (TPSA) is 85.9 Å². The molecule has 1 saturated heterocycles. The number of aromatic nitrogens is 3. The van der Waals surface area contributed by atoms with Crippen molar-refractivity contribution < 1.29 is 18.8 Å². The number of carbonyl (C=O) groups excluding carboxylic acids is 1. The molecule has 0 saturated carbocycles. The van der Waals surface area contributed by atoms with Crippen LogP contribution < -0.4 is 9.64 Å². The maximum absolute atomic E-state index is 12.6. The number of amides is 1. The van der Waals surface area contributed by atoms with Crippen LogP contribution in [0.4, 0.5) is 10.7 Å². The van der Waals surface area contributed by atoms with Crippen LogP contribution in [-0.2, 0) is 11.3 Å². The van der Waals surface area contributed by atoms with E-state index < -0.39 is 5.60 Å². The number of hydrogen-bond acceptors (Lipinski definition) is 7. The molecule has 33 heavy (non-hydrogen) atoms. The number of anilines is 1. The molecule has 0 unspecified atom stereocenters. The first kappa shape index (κ1) is 21.6. The largest absolute Gasteiger partial charge is 0.489 e. The van der Waals surface area contributed by atoms with Crippen LogP contribution in [0.2, 0.25) is 0 Å². The molecule has 1 fully saturated rings. The molecule has 176 valence electrons. The van der Waals surface area contributed by atoms with Crippen LogP contribution in [0.1, 0.15) is 38.6 Å². The zero-order valence-corrected chi connectivity index (χ0v) is 20.0. The Labute approximate surface area is 193 Å². The number of benzene rings is 1. The van der Waals surface area contributed by atoms with E-state index in [1.54, 1.807) is 4.90 Å². The summed E-state index contributed by atoms with van der Waals surface area (Å²) >= 11 is 0. The fourth-order valence-corrected chi connectivity index (χ4v) is 4.71. The third kappa shape index (κ3) is 3.89. The molecule has 1 aromatic carbocycles. The number of carbonyl (C=O) groups is 1. The molecule has 5 rings (SSSR count). The molecule has 0 N–H and O–H groups in total. The molecule has 2 aliphatic heterocycles. The van der Waals surface area contributed by atoms with E-state index >= 15 is 0 Å². The lowest BCUT2D eigenvalue weighted by atomic mass is 10.0. The van der Waals surface area contributed by atoms with Gasteiger partial charge in [0.05, 0.1) is 23.3 Å². The predicted octanol–water partition coefficient (Wildman–Crippen LogP) is 4.15. The van der Waals surface area contributed by atoms with Gasteiger partial charge in [0.15, 0.2) is 5.75 Å². The Kier molecular flexibility index (Phi) is 5.22. The Balaban J connectivity index is 1.47. The van der Waals surface area contributed by atoms with Gasteiger partial charge in [-0.15, -0.1) is 0 Å². The Morgan fingerprint density at radius 3 is 2.64 bits per heavy atom. The maximum atomic E-state index is 12.6. The van der Waals surface area contributed by atoms with Crippen molar-refractivity contribution in [1.29, 1.82) is 0 Å². The first-order chi connectivity index (χ1) is 15.7. The van der Waals surface area contributed by atoms with Gasteiger partial charge in [-0.25, -0.2) is 9.78 Å². The molecule has 4 heterocycles. The molecule has 0 spiro atoms. The second kappa shape index (κ2) is 7.97. The Hall–Kier alpha value is -3.23. The molecule has 0 aliphatic carbocycles. The second-order valence-corrected chi connectivity index (χ2v) is 9.73. The van der Waals surface area contributed by atoms with Crippen LogP contribution in [0.15, 0.2) is 16.7 Å². The van der Waals surface area contributed by atoms with Crippen molar-refractivity contribution in [1.82, 2.24) is 19.6 Å². The number of hydrogen-bond donors (Lipinski definition) is 0. The van der Waals surface area contributed by atoms with Gasteiger partial charge in [-0.3, -0.25) is 0 Å². The first-order valence-electron chi connectivity index (χ1n) is 11.5. The van der Waals surface area contributed by atoms with E-state index in [0.29, 0.717) is 26.2 Å². The minimum absolute atomic E-state index is 0.251. The Bertz CT molecular complexity index is 1190. The summed E-state index contributed by atoms with van der Waals surface area (Å²) < 4.78 is 19.4. The average molecular weight is 454 g/mol. The van der Waals surface area contributed by atoms with E-state index in [0.717, 1.165) is 64.8 Å². The van der Waals surface area contributed by atoms with Crippen molar-refractivity contribution >= 4 is 23.1 Å². The third-order valence-corrected chi connectivity index (χ3v) is 6.14. The number of rotatable bonds is 2. The summed E-state index contributed by atoms with van der Waals surface area (Å²) in [5, 5.41) is 4.12. The number of aryl methyl sites for hydroxylation is 2. The van der Waals surface area contributed by atoms with Gasteiger partial charge in [-0.2, -0.15) is 0 Å². The zero-order valence-electron chi connectivity index (χ0n) is 20.0. The van der Waals surface area contributed by atoms with E-state index in [2.05, 4.69) is 14.6 Å². The zero-order chi connectivity index (χ0) is 23.3. The molecule has 1 amide bonds. The summed E-state index contributed by atoms with van der Waals surface area (Å²) in [4.78, 5) is 21.6. The molecule has 0 radical (unpaired) electrons. The maximum Gasteiger partial charge on any atom is 0.410 e. The van der Waals surface area contributed by atoms with Crippen molar-refractivity contribution in [2.24, 2.45) is 0 Å². The fraction of sp³-hybridized carbons (Fsp3) is 0.542. The fourth-order valence-electron chi connectivity index (χ4n) is 4.71. The number of nitrogens with zero attached hydrogens (tertiary/aromatic N) is 5. The van der Waals surface area contributed by atoms with Crippen LogP contribution in [0.5, 0.6) is 5.75 Å². The van der Waals surface area contributed by atoms with Crippen molar-refractivity contribution in [3.63, 3.8) is 0 Å². The monoisotopic (exact) mass is 453 g/mol. The highest BCUT2D eigenvalue weighted by molar-refractivity contribution is 5.93. The Morgan fingerprint density at radius 1 is 1.09 bits per heavy atom. The standard InChI is InChI=1S/C24H31N5O4/c1-15-19(16(2)33-26-15)17-7-8-18-20-21(17)31-14-13-29(20)22(25-18)27-9-6-10-28(12-11-27)23(30)32-24(3,4)5/h7-8H,6,9-14H2,1-5H3. The van der Waals surface area contributed by atoms with E-state index in [9.17, 15) is 4.79 Å². The van der Waals surface area contributed by atoms with Gasteiger partial charge in [0.1, 0.15) is 23.5 Å². The quantitative estimate of drug-likeness (QED) is 0.576. The molecular weight excluding hydrogens is 422 g/mol. The summed E-state index contributed by atoms with van der Waals surface area (Å²) in [6.07, 6.45) is 0.606. The van der Waals surface area contributed by atoms with Gasteiger partial charge in [0.25, 0.3) is 0 Å². The number of ether oxygens (including phenoxy) is 2. The normalized spacial score (nSPS) is 16.6. The Morgan fingerprint density at radius 2 is 1.91 bits per heavy atom. The minimum atomic E-state index is -0.497. The van der Waals surface area contributed by atoms with Gasteiger partial charge in [-0.05, 0) is 53.2 Å². The summed E-state index contributed by atoms with van der Waals surface area (Å²) in [6.45, 7) is 13.7. The molecule has 0 bridgehead atoms. The first-order valence-corrected chi connectivity index (χ1v) is 11.5. The summed E-state index contributed by atoms with van der Waals surface area (Å²) in [5.41, 5.74) is 4.22. The van der Waals surface area contributed by atoms with Crippen LogP contribution in [0.25, 0.3) is 22.2 Å². The van der Waals surface area contributed by atoms with E-state index in [4.69, 9.17) is 19.0 Å². The van der Waals surface area contributed by atoms with Crippen molar-refractivity contribution in [2.75, 3.05) is 37.7 Å². The van der Waals surface area contributed by atoms with Gasteiger partial charge in [0, 0.05) is 31.7 Å². The summed E-state index contributed by atoms with van der Waals surface area (Å²) in [6, 6.07) is 4.09. The molecule has 2 aromatic heterocycles. The van der Waals surface area contributed by atoms with E-state index in [-0.39, 0.29) is 6.09 Å². The second-order valence-electron chi connectivity index (χ2n) is 9.73. The molecule has 9 nitrogen and oxygen atoms in total. The van der Waals surface area contributed by atoms with Crippen LogP contribution in [0.3, 0.4) is 0 Å². The van der Waals surface area contributed by atoms with Gasteiger partial charge >= 0.3 is 6.09 Å². The molecule has 2 aliphatic rings. The minimum Gasteiger partial charge on any atom is -0.489 e. The van der Waals surface area contributed by atoms with Gasteiger partial charge < -0.3 is 28.4 Å². The summed E-state index contributed by atoms with van der Waals surface area (Å²) in [7, 11) is 0. The van der Waals surface area contributed by atoms with Crippen LogP contribution in [-0.4, -0.2) is 64.1 Å². The highest BCUT2D eigenvalue weighted by atomic mass is 16.6. The average Bonchev–Trinajstić information content (AvgIpc) is 3.17. The lowest BCUT2D eigenvalue weighted by Gasteiger charge is -2.27. The predicted molar refractivity (Wildman–Crippen MR) is 125 cm³/mol. The van der Waals surface area contributed by atoms with Crippen LogP contribution in [0, 0.1) is 13.8 Å². The molecule has 0 atom stereocenters. The van der Waals surface area contributed by atoms with Crippen LogP contribution >= 0.6 is 0 Å². The van der Waals surface area contributed by atoms with Gasteiger partial charge in [0.2, 0.25) is 5.95 Å². The van der Waals surface area contributed by atoms with E-state index in [1.165, 1.54) is 0 Å². The SMILES string of the molecule is Cc1noc(C)c1-c1ccc2nc(N3CCCN(C(=O)OC(C)(C)C)CC3)n3c2c1OCC3. The molecular formula is C24H31N5O4. The van der Waals surface area contributed by atoms with Crippen molar-refractivity contribution in [2.45, 2.75) is 53.2 Å². The molecule has 9 heteroatoms. The summed E-state index contributed by atoms with van der Waals surface area (Å²) in [5.74, 6) is 2.53. The highest BCUT2D eigenvalue weighted by Crippen LogP contribution is 2.42. The number of imidazole rings is 1. The highest BCUT2D eigenvalue weighted by Gasteiger charge is 2.29. The third-order valence-electron chi connectivity index (χ3n) is 6.14. The lowest BCUT2D eigenvalue weighted by Crippen LogP contribution is -2.39. The smallest absolute Gasteiger partial charge is 0.410 e.